The fourth-order valence-corrected chi connectivity index (χ4v) is 4.04. The van der Waals surface area contributed by atoms with Gasteiger partial charge >= 0.3 is 0 Å². The van der Waals surface area contributed by atoms with Crippen molar-refractivity contribution in [1.82, 2.24) is 19.4 Å². The van der Waals surface area contributed by atoms with Crippen molar-refractivity contribution in [3.05, 3.63) is 67.5 Å². The van der Waals surface area contributed by atoms with Gasteiger partial charge in [0, 0.05) is 70.3 Å². The number of fused-ring (bicyclic) bond motifs is 1. The van der Waals surface area contributed by atoms with E-state index in [1.807, 2.05) is 48.1 Å². The summed E-state index contributed by atoms with van der Waals surface area (Å²) in [5, 5.41) is 6.97. The zero-order chi connectivity index (χ0) is 31.5. The Balaban J connectivity index is 1.68. The van der Waals surface area contributed by atoms with Gasteiger partial charge in [-0.1, -0.05) is 24.8 Å². The highest BCUT2D eigenvalue weighted by atomic mass is 16.5. The lowest BCUT2D eigenvalue weighted by molar-refractivity contribution is -0.111. The minimum Gasteiger partial charge on any atom is -0.494 e. The van der Waals surface area contributed by atoms with Crippen LogP contribution in [0.5, 0.6) is 5.75 Å². The molecule has 0 atom stereocenters. The average molecular weight is 506 g/mol. The van der Waals surface area contributed by atoms with Crippen LogP contribution in [0.15, 0.2) is 67.5 Å². The maximum absolute atomic E-state index is 12.3. The monoisotopic (exact) mass is 505 g/mol. The van der Waals surface area contributed by atoms with Gasteiger partial charge in [0.2, 0.25) is 11.9 Å². The van der Waals surface area contributed by atoms with E-state index in [2.05, 4.69) is 22.2 Å². The highest BCUT2D eigenvalue weighted by Gasteiger charge is 2.17. The maximum atomic E-state index is 12.3. The molecule has 0 unspecified atom stereocenters. The van der Waals surface area contributed by atoms with E-state index >= 15 is 0 Å². The maximum Gasteiger partial charge on any atom is 0.247 e. The largest absolute Gasteiger partial charge is 0.494 e. The molecule has 0 aliphatic heterocycles. The molecule has 37 heavy (non-hydrogen) atoms. The van der Waals surface area contributed by atoms with Crippen LogP contribution in [0.1, 0.15) is 8.22 Å². The van der Waals surface area contributed by atoms with E-state index in [1.54, 1.807) is 30.3 Å². The molecule has 1 amide bonds. The lowest BCUT2D eigenvalue weighted by Crippen LogP contribution is -2.29. The van der Waals surface area contributed by atoms with Crippen LogP contribution in [0, 0.1) is 0 Å². The third-order valence-corrected chi connectivity index (χ3v) is 5.91. The number of hydrogen-bond donors (Lipinski definition) is 2. The van der Waals surface area contributed by atoms with Crippen molar-refractivity contribution in [3.63, 3.8) is 0 Å². The van der Waals surface area contributed by atoms with Crippen molar-refractivity contribution in [2.75, 3.05) is 56.7 Å². The van der Waals surface area contributed by atoms with Gasteiger partial charge in [-0.05, 0) is 38.2 Å². The Bertz CT molecular complexity index is 1620. The number of para-hydroxylation sites is 1. The van der Waals surface area contributed by atoms with E-state index < -0.39 is 19.9 Å². The van der Waals surface area contributed by atoms with Crippen LogP contribution in [-0.2, 0) is 11.8 Å². The number of rotatable bonds is 10. The Kier molecular flexibility index (Phi) is 5.67. The molecule has 0 aliphatic rings. The zero-order valence-corrected chi connectivity index (χ0v) is 20.9. The fraction of sp³-hybridized carbons (Fsp3) is 0.250. The fourth-order valence-electron chi connectivity index (χ4n) is 4.04. The Morgan fingerprint density at radius 2 is 2.03 bits per heavy atom. The molecule has 0 saturated carbocycles. The molecule has 0 aliphatic carbocycles. The normalized spacial score (nSPS) is 14.1. The SMILES string of the molecule is [2H]C([2H])([2H])N(CCN(C)c1cc(OC)c(Nc2nccc(-c3cn(C)c4ccccc34)n2)cc1NC(=O)C=C)C([2H])([2H])[2H]. The summed E-state index contributed by atoms with van der Waals surface area (Å²) >= 11 is 0. The number of anilines is 4. The number of hydrogen-bond acceptors (Lipinski definition) is 7. The first-order chi connectivity index (χ1) is 20.2. The van der Waals surface area contributed by atoms with E-state index in [0.29, 0.717) is 33.4 Å². The summed E-state index contributed by atoms with van der Waals surface area (Å²) in [5.74, 6) is 0.185. The smallest absolute Gasteiger partial charge is 0.247 e. The Labute approximate surface area is 225 Å². The number of ether oxygens (including phenoxy) is 1. The topological polar surface area (TPSA) is 87.6 Å². The standard InChI is InChI=1S/C28H33N7O2/c1-7-27(36)30-22-16-23(26(37-6)17-25(22)34(4)15-14-33(2)3)32-28-29-13-12-21(31-28)20-18-35(5)24-11-9-8-10-19(20)24/h7-13,16-18H,1,14-15H2,2-6H3,(H,30,36)(H,29,31,32)/i2D3,3D3. The van der Waals surface area contributed by atoms with Crippen LogP contribution in [0.2, 0.25) is 0 Å². The predicted molar refractivity (Wildman–Crippen MR) is 151 cm³/mol. The quantitative estimate of drug-likeness (QED) is 0.307. The second-order valence-corrected chi connectivity index (χ2v) is 8.40. The predicted octanol–water partition coefficient (Wildman–Crippen LogP) is 4.51. The van der Waals surface area contributed by atoms with Gasteiger partial charge in [0.15, 0.2) is 0 Å². The summed E-state index contributed by atoms with van der Waals surface area (Å²) in [4.78, 5) is 23.5. The van der Waals surface area contributed by atoms with Crippen molar-refractivity contribution in [1.29, 1.82) is 0 Å². The number of benzene rings is 2. The number of nitrogens with zero attached hydrogens (tertiary/aromatic N) is 5. The van der Waals surface area contributed by atoms with Crippen LogP contribution in [0.4, 0.5) is 23.0 Å². The molecule has 9 heteroatoms. The van der Waals surface area contributed by atoms with Crippen LogP contribution in [-0.4, -0.2) is 66.5 Å². The van der Waals surface area contributed by atoms with Gasteiger partial charge in [0.1, 0.15) is 5.75 Å². The molecule has 2 heterocycles. The first-order valence-electron chi connectivity index (χ1n) is 14.5. The van der Waals surface area contributed by atoms with Crippen molar-refractivity contribution >= 4 is 39.8 Å². The zero-order valence-electron chi connectivity index (χ0n) is 26.9. The second-order valence-electron chi connectivity index (χ2n) is 8.40. The van der Waals surface area contributed by atoms with Gasteiger partial charge in [-0.25, -0.2) is 9.97 Å². The molecule has 4 rings (SSSR count). The van der Waals surface area contributed by atoms with E-state index in [9.17, 15) is 4.79 Å². The molecule has 4 aromatic rings. The highest BCUT2D eigenvalue weighted by Crippen LogP contribution is 2.38. The van der Waals surface area contributed by atoms with Crippen molar-refractivity contribution in [2.24, 2.45) is 7.05 Å². The highest BCUT2D eigenvalue weighted by molar-refractivity contribution is 6.02. The molecule has 0 saturated heterocycles. The first-order valence-corrected chi connectivity index (χ1v) is 11.5. The summed E-state index contributed by atoms with van der Waals surface area (Å²) in [6, 6.07) is 13.1. The van der Waals surface area contributed by atoms with Gasteiger partial charge in [-0.15, -0.1) is 0 Å². The minimum absolute atomic E-state index is 0.0137. The number of aromatic nitrogens is 3. The molecule has 0 fully saturated rings. The Morgan fingerprint density at radius 1 is 1.22 bits per heavy atom. The van der Waals surface area contributed by atoms with Crippen molar-refractivity contribution in [3.8, 4) is 17.0 Å². The summed E-state index contributed by atoms with van der Waals surface area (Å²) in [7, 11) is 5.10. The molecule has 9 nitrogen and oxygen atoms in total. The van der Waals surface area contributed by atoms with E-state index in [1.165, 1.54) is 7.11 Å². The first kappa shape index (κ1) is 18.8. The lowest BCUT2D eigenvalue weighted by Gasteiger charge is -2.26. The van der Waals surface area contributed by atoms with Crippen LogP contribution in [0.25, 0.3) is 22.2 Å². The van der Waals surface area contributed by atoms with Gasteiger partial charge in [-0.3, -0.25) is 4.79 Å². The van der Waals surface area contributed by atoms with Crippen LogP contribution >= 0.6 is 0 Å². The van der Waals surface area contributed by atoms with Crippen LogP contribution < -0.4 is 20.3 Å². The Morgan fingerprint density at radius 3 is 2.78 bits per heavy atom. The second kappa shape index (κ2) is 11.1. The minimum atomic E-state index is -2.82. The van der Waals surface area contributed by atoms with Gasteiger partial charge in [0.25, 0.3) is 0 Å². The van der Waals surface area contributed by atoms with E-state index in [0.717, 1.165) is 22.5 Å². The molecule has 2 N–H and O–H groups in total. The molecule has 0 radical (unpaired) electrons. The molecule has 0 spiro atoms. The van der Waals surface area contributed by atoms with E-state index in [-0.39, 0.29) is 19.0 Å². The third kappa shape index (κ3) is 5.73. The average Bonchev–Trinajstić information content (AvgIpc) is 3.28. The molecular weight excluding hydrogens is 466 g/mol. The van der Waals surface area contributed by atoms with Gasteiger partial charge < -0.3 is 29.7 Å². The number of carbonyl (C=O) groups is 1. The van der Waals surface area contributed by atoms with Crippen molar-refractivity contribution < 1.29 is 17.8 Å². The number of amides is 1. The summed E-state index contributed by atoms with van der Waals surface area (Å²) in [6.07, 6.45) is 4.76. The third-order valence-electron chi connectivity index (χ3n) is 5.91. The lowest BCUT2D eigenvalue weighted by atomic mass is 10.1. The molecule has 2 aromatic heterocycles. The van der Waals surface area contributed by atoms with Gasteiger partial charge in [-0.2, -0.15) is 0 Å². The summed E-state index contributed by atoms with van der Waals surface area (Å²) in [5.41, 5.74) is 3.96. The molecule has 0 bridgehead atoms. The van der Waals surface area contributed by atoms with Crippen LogP contribution in [0.3, 0.4) is 0 Å². The Hall–Kier alpha value is -4.37. The molecule has 192 valence electrons. The molecule has 2 aromatic carbocycles. The van der Waals surface area contributed by atoms with E-state index in [4.69, 9.17) is 17.9 Å². The number of methoxy groups -OCH3 is 1. The number of nitrogens with one attached hydrogen (secondary N) is 2. The summed E-state index contributed by atoms with van der Waals surface area (Å²) in [6.45, 7) is -2.41. The summed E-state index contributed by atoms with van der Waals surface area (Å²) < 4.78 is 53.5. The molecular formula is C28H33N7O2. The number of carbonyl (C=O) groups excluding carboxylic acids is 1. The number of likely N-dealkylation sites (N-methyl/N-ethyl adjacent to an activating group) is 2. The van der Waals surface area contributed by atoms with Gasteiger partial charge in [0.05, 0.1) is 29.9 Å². The van der Waals surface area contributed by atoms with Crippen molar-refractivity contribution in [2.45, 2.75) is 0 Å². The number of aryl methyl sites for hydroxylation is 1.